The van der Waals surface area contributed by atoms with Crippen molar-refractivity contribution in [2.24, 2.45) is 0 Å². The van der Waals surface area contributed by atoms with E-state index in [1.165, 1.54) is 12.1 Å². The van der Waals surface area contributed by atoms with Gasteiger partial charge in [0.1, 0.15) is 17.5 Å². The Morgan fingerprint density at radius 2 is 1.88 bits per heavy atom. The quantitative estimate of drug-likeness (QED) is 0.542. The number of carbonyl (C=O) groups is 1. The van der Waals surface area contributed by atoms with Gasteiger partial charge in [-0.2, -0.15) is 0 Å². The van der Waals surface area contributed by atoms with Crippen molar-refractivity contribution in [1.82, 2.24) is 14.3 Å². The summed E-state index contributed by atoms with van der Waals surface area (Å²) in [6, 6.07) is 13.8. The third kappa shape index (κ3) is 5.83. The fourth-order valence-corrected chi connectivity index (χ4v) is 4.40. The zero-order valence-corrected chi connectivity index (χ0v) is 18.8. The number of benzene rings is 1. The van der Waals surface area contributed by atoms with Crippen molar-refractivity contribution >= 4 is 29.5 Å². The van der Waals surface area contributed by atoms with E-state index in [0.29, 0.717) is 5.82 Å². The summed E-state index contributed by atoms with van der Waals surface area (Å²) >= 11 is 1.88. The number of hydrogen-bond donors (Lipinski definition) is 1. The zero-order chi connectivity index (χ0) is 22.3. The molecule has 0 spiro atoms. The maximum Gasteiger partial charge on any atom is 0.230 e. The first-order valence-electron chi connectivity index (χ1n) is 10.7. The number of carbonyl (C=O) groups excluding carboxylic acids is 1. The minimum Gasteiger partial charge on any atom is -0.354 e. The number of anilines is 2. The Balaban J connectivity index is 1.29. The predicted octanol–water partition coefficient (Wildman–Crippen LogP) is 4.25. The van der Waals surface area contributed by atoms with Crippen LogP contribution in [-0.4, -0.2) is 52.1 Å². The molecular formula is C24H26FN5OS. The van der Waals surface area contributed by atoms with Crippen LogP contribution in [0.3, 0.4) is 0 Å². The van der Waals surface area contributed by atoms with E-state index < -0.39 is 0 Å². The van der Waals surface area contributed by atoms with Gasteiger partial charge in [0.15, 0.2) is 0 Å². The van der Waals surface area contributed by atoms with Crippen LogP contribution in [0.4, 0.5) is 16.0 Å². The lowest BCUT2D eigenvalue weighted by Gasteiger charge is -2.34. The average molecular weight is 452 g/mol. The molecule has 3 aromatic rings. The van der Waals surface area contributed by atoms with Crippen molar-refractivity contribution in [3.63, 3.8) is 0 Å². The molecule has 0 aliphatic carbocycles. The van der Waals surface area contributed by atoms with Gasteiger partial charge in [-0.3, -0.25) is 4.79 Å². The molecule has 1 aliphatic heterocycles. The van der Waals surface area contributed by atoms with Gasteiger partial charge in [-0.05, 0) is 41.5 Å². The van der Waals surface area contributed by atoms with Crippen molar-refractivity contribution in [3.05, 3.63) is 72.3 Å². The molecule has 1 saturated heterocycles. The number of amides is 1. The first-order valence-corrected chi connectivity index (χ1v) is 11.6. The fraction of sp³-hybridized carbons (Fsp3) is 0.292. The van der Waals surface area contributed by atoms with E-state index in [4.69, 9.17) is 0 Å². The topological polar surface area (TPSA) is 61.4 Å². The number of halogens is 1. The van der Waals surface area contributed by atoms with E-state index in [-0.39, 0.29) is 18.1 Å². The van der Waals surface area contributed by atoms with Gasteiger partial charge in [0, 0.05) is 49.9 Å². The first kappa shape index (κ1) is 22.2. The summed E-state index contributed by atoms with van der Waals surface area (Å²) in [6.45, 7) is 6.13. The monoisotopic (exact) mass is 451 g/mol. The van der Waals surface area contributed by atoms with Gasteiger partial charge in [0.05, 0.1) is 6.42 Å². The summed E-state index contributed by atoms with van der Waals surface area (Å²) in [7, 11) is 0. The molecule has 1 fully saturated rings. The molecule has 0 radical (unpaired) electrons. The molecule has 166 valence electrons. The molecule has 4 rings (SSSR count). The van der Waals surface area contributed by atoms with Crippen molar-refractivity contribution in [1.29, 1.82) is 0 Å². The third-order valence-electron chi connectivity index (χ3n) is 5.24. The van der Waals surface area contributed by atoms with E-state index in [1.807, 2.05) is 36.2 Å². The molecule has 1 N–H and O–H groups in total. The second-order valence-electron chi connectivity index (χ2n) is 7.53. The third-order valence-corrected chi connectivity index (χ3v) is 6.23. The lowest BCUT2D eigenvalue weighted by Crippen LogP contribution is -2.43. The van der Waals surface area contributed by atoms with Crippen molar-refractivity contribution in [2.45, 2.75) is 13.3 Å². The van der Waals surface area contributed by atoms with E-state index in [1.54, 1.807) is 24.5 Å². The van der Waals surface area contributed by atoms with Crippen LogP contribution in [0.1, 0.15) is 12.5 Å². The molecule has 1 amide bonds. The van der Waals surface area contributed by atoms with E-state index in [9.17, 15) is 9.18 Å². The minimum atomic E-state index is -0.294. The van der Waals surface area contributed by atoms with Crippen LogP contribution in [0.5, 0.6) is 0 Å². The maximum atomic E-state index is 13.4. The van der Waals surface area contributed by atoms with Crippen molar-refractivity contribution < 1.29 is 9.18 Å². The first-order chi connectivity index (χ1) is 15.6. The van der Waals surface area contributed by atoms with E-state index in [2.05, 4.69) is 31.4 Å². The Morgan fingerprint density at radius 3 is 2.53 bits per heavy atom. The van der Waals surface area contributed by atoms with Gasteiger partial charge in [-0.25, -0.2) is 18.7 Å². The Bertz CT molecular complexity index is 1040. The predicted molar refractivity (Wildman–Crippen MR) is 128 cm³/mol. The normalized spacial score (nSPS) is 14.4. The summed E-state index contributed by atoms with van der Waals surface area (Å²) in [5, 5.41) is 2.81. The van der Waals surface area contributed by atoms with E-state index >= 15 is 0 Å². The number of rotatable bonds is 7. The van der Waals surface area contributed by atoms with E-state index in [0.717, 1.165) is 54.4 Å². The molecule has 6 nitrogen and oxygen atoms in total. The summed E-state index contributed by atoms with van der Waals surface area (Å²) in [6.07, 6.45) is 3.61. The lowest BCUT2D eigenvalue weighted by atomic mass is 10.1. The largest absolute Gasteiger partial charge is 0.354 e. The number of piperazine rings is 1. The van der Waals surface area contributed by atoms with Gasteiger partial charge < -0.3 is 10.2 Å². The van der Waals surface area contributed by atoms with Gasteiger partial charge >= 0.3 is 0 Å². The molecular weight excluding hydrogens is 425 g/mol. The summed E-state index contributed by atoms with van der Waals surface area (Å²) in [4.78, 5) is 23.5. The van der Waals surface area contributed by atoms with Gasteiger partial charge in [0.25, 0.3) is 0 Å². The maximum absolute atomic E-state index is 13.4. The SMILES string of the molecule is CCSN1CCN(c2ccc(CC(=O)Nc3ccc(-c4cccc(F)c4)cn3)cn2)CC1. The lowest BCUT2D eigenvalue weighted by molar-refractivity contribution is -0.115. The van der Waals surface area contributed by atoms with Gasteiger partial charge in [-0.15, -0.1) is 0 Å². The number of nitrogens with zero attached hydrogens (tertiary/aromatic N) is 4. The van der Waals surface area contributed by atoms with Crippen molar-refractivity contribution in [3.8, 4) is 11.1 Å². The Labute approximate surface area is 192 Å². The molecule has 1 aliphatic rings. The molecule has 32 heavy (non-hydrogen) atoms. The van der Waals surface area contributed by atoms with Crippen molar-refractivity contribution in [2.75, 3.05) is 42.1 Å². The average Bonchev–Trinajstić information content (AvgIpc) is 2.81. The van der Waals surface area contributed by atoms with Crippen LogP contribution in [0.15, 0.2) is 60.9 Å². The number of hydrogen-bond acceptors (Lipinski definition) is 6. The highest BCUT2D eigenvalue weighted by Gasteiger charge is 2.18. The highest BCUT2D eigenvalue weighted by molar-refractivity contribution is 7.96. The Kier molecular flexibility index (Phi) is 7.34. The fourth-order valence-electron chi connectivity index (χ4n) is 3.62. The molecule has 3 heterocycles. The van der Waals surface area contributed by atoms with Crippen LogP contribution in [0.2, 0.25) is 0 Å². The van der Waals surface area contributed by atoms with Crippen LogP contribution in [0, 0.1) is 5.82 Å². The van der Waals surface area contributed by atoms with Gasteiger partial charge in [-0.1, -0.05) is 37.1 Å². The van der Waals surface area contributed by atoms with Gasteiger partial charge in [0.2, 0.25) is 5.91 Å². The molecule has 8 heteroatoms. The molecule has 0 unspecified atom stereocenters. The summed E-state index contributed by atoms with van der Waals surface area (Å²) in [5.74, 6) is 2.06. The second-order valence-corrected chi connectivity index (χ2v) is 8.88. The molecule has 1 aromatic carbocycles. The van der Waals surface area contributed by atoms with Crippen LogP contribution >= 0.6 is 11.9 Å². The van der Waals surface area contributed by atoms with Crippen LogP contribution in [-0.2, 0) is 11.2 Å². The Hall–Kier alpha value is -2.97. The minimum absolute atomic E-state index is 0.157. The molecule has 0 saturated carbocycles. The smallest absolute Gasteiger partial charge is 0.230 e. The molecule has 0 bridgehead atoms. The Morgan fingerprint density at radius 1 is 1.03 bits per heavy atom. The van der Waals surface area contributed by atoms with Crippen LogP contribution < -0.4 is 10.2 Å². The summed E-state index contributed by atoms with van der Waals surface area (Å²) < 4.78 is 15.8. The number of nitrogens with one attached hydrogen (secondary N) is 1. The standard InChI is InChI=1S/C24H26FN5OS/c1-2-32-30-12-10-29(11-13-30)23-9-6-18(16-27-23)14-24(31)28-22-8-7-20(17-26-22)19-4-3-5-21(25)15-19/h3-9,15-17H,2,10-14H2,1H3,(H,26,28,31). The second kappa shape index (κ2) is 10.6. The number of pyridine rings is 2. The zero-order valence-electron chi connectivity index (χ0n) is 18.0. The highest BCUT2D eigenvalue weighted by Crippen LogP contribution is 2.21. The molecule has 0 atom stereocenters. The molecule has 2 aromatic heterocycles. The summed E-state index contributed by atoms with van der Waals surface area (Å²) in [5.41, 5.74) is 2.38. The number of aromatic nitrogens is 2. The highest BCUT2D eigenvalue weighted by atomic mass is 32.2. The van der Waals surface area contributed by atoms with Crippen LogP contribution in [0.25, 0.3) is 11.1 Å².